The summed E-state index contributed by atoms with van der Waals surface area (Å²) >= 11 is 0. The zero-order valence-electron chi connectivity index (χ0n) is 7.64. The fourth-order valence-corrected chi connectivity index (χ4v) is 1.29. The summed E-state index contributed by atoms with van der Waals surface area (Å²) < 4.78 is 6.35. The molecule has 0 fully saturated rings. The Morgan fingerprint density at radius 1 is 1.71 bits per heavy atom. The molecule has 14 heavy (non-hydrogen) atoms. The van der Waals surface area contributed by atoms with E-state index in [2.05, 4.69) is 5.10 Å². The van der Waals surface area contributed by atoms with Crippen LogP contribution in [0.15, 0.2) is 16.7 Å². The van der Waals surface area contributed by atoms with Gasteiger partial charge >= 0.3 is 5.88 Å². The maximum Gasteiger partial charge on any atom is 0.453 e. The molecule has 0 aromatic carbocycles. The molecule has 0 aliphatic heterocycles. The van der Waals surface area contributed by atoms with E-state index in [0.717, 1.165) is 18.5 Å². The summed E-state index contributed by atoms with van der Waals surface area (Å²) in [5, 5.41) is 14.5. The molecule has 0 N–H and O–H groups in total. The maximum absolute atomic E-state index is 10.3. The van der Waals surface area contributed by atoms with Gasteiger partial charge in [0.25, 0.3) is 0 Å². The molecule has 2 rings (SSSR count). The fraction of sp³-hybridized carbons (Fsp3) is 0.375. The molecule has 6 heteroatoms. The first-order valence-corrected chi connectivity index (χ1v) is 4.33. The van der Waals surface area contributed by atoms with Crippen LogP contribution in [0.4, 0.5) is 5.88 Å². The van der Waals surface area contributed by atoms with Gasteiger partial charge in [-0.25, -0.2) is 0 Å². The van der Waals surface area contributed by atoms with Crippen LogP contribution in [0.1, 0.15) is 19.0 Å². The lowest BCUT2D eigenvalue weighted by molar-refractivity contribution is -0.401. The van der Waals surface area contributed by atoms with Crippen molar-refractivity contribution >= 4 is 11.6 Å². The molecular formula is C8H9N3O3. The molecule has 0 aliphatic carbocycles. The molecule has 2 heterocycles. The normalized spacial score (nSPS) is 10.9. The van der Waals surface area contributed by atoms with Gasteiger partial charge in [0.15, 0.2) is 6.20 Å². The van der Waals surface area contributed by atoms with E-state index in [0.29, 0.717) is 5.71 Å². The standard InChI is InChI=1S/C8H9N3O3/c1-2-3-6-4-7-10(9-6)5-8(14-7)11(12)13/h4-5H,2-3H2,1H3. The number of nitro groups is 1. The van der Waals surface area contributed by atoms with Crippen LogP contribution in [-0.2, 0) is 6.42 Å². The van der Waals surface area contributed by atoms with Gasteiger partial charge in [-0.05, 0) is 6.42 Å². The van der Waals surface area contributed by atoms with Gasteiger partial charge in [-0.3, -0.25) is 10.1 Å². The van der Waals surface area contributed by atoms with Crippen LogP contribution >= 0.6 is 0 Å². The summed E-state index contributed by atoms with van der Waals surface area (Å²) in [6.45, 7) is 2.05. The van der Waals surface area contributed by atoms with Crippen LogP contribution < -0.4 is 0 Å². The monoisotopic (exact) mass is 195 g/mol. The average Bonchev–Trinajstić information content (AvgIpc) is 2.61. The van der Waals surface area contributed by atoms with E-state index in [-0.39, 0.29) is 5.88 Å². The number of rotatable bonds is 3. The van der Waals surface area contributed by atoms with E-state index < -0.39 is 4.92 Å². The lowest BCUT2D eigenvalue weighted by Gasteiger charge is -1.86. The highest BCUT2D eigenvalue weighted by atomic mass is 16.6. The van der Waals surface area contributed by atoms with Crippen molar-refractivity contribution in [3.05, 3.63) is 28.1 Å². The van der Waals surface area contributed by atoms with E-state index in [4.69, 9.17) is 4.42 Å². The molecule has 74 valence electrons. The van der Waals surface area contributed by atoms with Crippen molar-refractivity contribution in [2.75, 3.05) is 0 Å². The number of aromatic nitrogens is 2. The first-order valence-electron chi connectivity index (χ1n) is 4.33. The Kier molecular flexibility index (Phi) is 1.95. The highest BCUT2D eigenvalue weighted by Gasteiger charge is 2.15. The second-order valence-corrected chi connectivity index (χ2v) is 2.99. The van der Waals surface area contributed by atoms with Crippen LogP contribution in [0.2, 0.25) is 0 Å². The zero-order valence-corrected chi connectivity index (χ0v) is 7.64. The van der Waals surface area contributed by atoms with E-state index >= 15 is 0 Å². The summed E-state index contributed by atoms with van der Waals surface area (Å²) in [7, 11) is 0. The first-order chi connectivity index (χ1) is 6.70. The van der Waals surface area contributed by atoms with Gasteiger partial charge in [0.05, 0.1) is 5.69 Å². The molecule has 2 aromatic heterocycles. The number of nitrogens with zero attached hydrogens (tertiary/aromatic N) is 3. The van der Waals surface area contributed by atoms with Crippen molar-refractivity contribution in [3.63, 3.8) is 0 Å². The van der Waals surface area contributed by atoms with Crippen molar-refractivity contribution in [2.24, 2.45) is 0 Å². The van der Waals surface area contributed by atoms with Crippen LogP contribution in [-0.4, -0.2) is 14.5 Å². The van der Waals surface area contributed by atoms with Crippen LogP contribution in [0, 0.1) is 10.1 Å². The molecule has 6 nitrogen and oxygen atoms in total. The van der Waals surface area contributed by atoms with Gasteiger partial charge in [-0.15, -0.1) is 0 Å². The van der Waals surface area contributed by atoms with E-state index in [9.17, 15) is 10.1 Å². The summed E-state index contributed by atoms with van der Waals surface area (Å²) in [6.07, 6.45) is 3.11. The van der Waals surface area contributed by atoms with E-state index in [1.54, 1.807) is 6.07 Å². The van der Waals surface area contributed by atoms with Crippen LogP contribution in [0.25, 0.3) is 5.71 Å². The molecule has 2 aromatic rings. The summed E-state index contributed by atoms with van der Waals surface area (Å²) in [6, 6.07) is 1.72. The molecule has 0 bridgehead atoms. The Morgan fingerprint density at radius 3 is 3.07 bits per heavy atom. The minimum absolute atomic E-state index is 0.282. The quantitative estimate of drug-likeness (QED) is 0.552. The second-order valence-electron chi connectivity index (χ2n) is 2.99. The number of oxazole rings is 1. The Morgan fingerprint density at radius 2 is 2.50 bits per heavy atom. The predicted octanol–water partition coefficient (Wildman–Crippen LogP) is 1.79. The van der Waals surface area contributed by atoms with Gasteiger partial charge in [0.2, 0.25) is 5.71 Å². The molecular weight excluding hydrogens is 186 g/mol. The summed E-state index contributed by atoms with van der Waals surface area (Å²) in [5.74, 6) is -0.282. The predicted molar refractivity (Wildman–Crippen MR) is 48.1 cm³/mol. The molecule has 0 saturated heterocycles. The third kappa shape index (κ3) is 1.34. The Bertz CT molecular complexity index is 440. The largest absolute Gasteiger partial charge is 0.453 e. The number of hydrogen-bond donors (Lipinski definition) is 0. The number of fused-ring (bicyclic) bond motifs is 1. The highest BCUT2D eigenvalue weighted by molar-refractivity contribution is 5.38. The SMILES string of the molecule is CCCc1cc2oc([N+](=O)[O-])cn2n1. The molecule has 0 unspecified atom stereocenters. The minimum atomic E-state index is -0.575. The van der Waals surface area contributed by atoms with Gasteiger partial charge < -0.3 is 4.42 Å². The molecule has 0 aliphatic rings. The minimum Gasteiger partial charge on any atom is -0.381 e. The maximum atomic E-state index is 10.3. The van der Waals surface area contributed by atoms with Crippen LogP contribution in [0.5, 0.6) is 0 Å². The lowest BCUT2D eigenvalue weighted by atomic mass is 10.3. The lowest BCUT2D eigenvalue weighted by Crippen LogP contribution is -1.87. The summed E-state index contributed by atoms with van der Waals surface area (Å²) in [4.78, 5) is 9.77. The molecule has 0 radical (unpaired) electrons. The second kappa shape index (κ2) is 3.13. The van der Waals surface area contributed by atoms with Crippen LogP contribution in [0.3, 0.4) is 0 Å². The van der Waals surface area contributed by atoms with Crippen molar-refractivity contribution in [1.29, 1.82) is 0 Å². The van der Waals surface area contributed by atoms with Gasteiger partial charge in [0.1, 0.15) is 4.92 Å². The van der Waals surface area contributed by atoms with Gasteiger partial charge in [0, 0.05) is 6.07 Å². The Balaban J connectivity index is 2.40. The Labute approximate surface area is 79.3 Å². The molecule has 0 amide bonds. The molecule has 0 atom stereocenters. The smallest absolute Gasteiger partial charge is 0.381 e. The third-order valence-corrected chi connectivity index (χ3v) is 1.88. The number of aryl methyl sites for hydroxylation is 1. The van der Waals surface area contributed by atoms with E-state index in [1.807, 2.05) is 6.92 Å². The topological polar surface area (TPSA) is 73.6 Å². The van der Waals surface area contributed by atoms with Crippen molar-refractivity contribution in [1.82, 2.24) is 9.61 Å². The fourth-order valence-electron chi connectivity index (χ4n) is 1.29. The van der Waals surface area contributed by atoms with Crippen molar-refractivity contribution < 1.29 is 9.34 Å². The summed E-state index contributed by atoms with van der Waals surface area (Å²) in [5.41, 5.74) is 1.31. The van der Waals surface area contributed by atoms with E-state index in [1.165, 1.54) is 10.7 Å². The van der Waals surface area contributed by atoms with Crippen molar-refractivity contribution in [2.45, 2.75) is 19.8 Å². The number of hydrogen-bond acceptors (Lipinski definition) is 4. The first kappa shape index (κ1) is 8.74. The molecule has 0 saturated carbocycles. The average molecular weight is 195 g/mol. The highest BCUT2D eigenvalue weighted by Crippen LogP contribution is 2.18. The third-order valence-electron chi connectivity index (χ3n) is 1.88. The molecule has 0 spiro atoms. The Hall–Kier alpha value is -1.85. The van der Waals surface area contributed by atoms with Gasteiger partial charge in [-0.2, -0.15) is 9.61 Å². The van der Waals surface area contributed by atoms with Crippen molar-refractivity contribution in [3.8, 4) is 0 Å². The van der Waals surface area contributed by atoms with Gasteiger partial charge in [-0.1, -0.05) is 13.3 Å². The zero-order chi connectivity index (χ0) is 10.1.